The first kappa shape index (κ1) is 9.37. The van der Waals surface area contributed by atoms with E-state index in [-0.39, 0.29) is 0 Å². The highest BCUT2D eigenvalue weighted by atomic mass is 16.5. The number of rotatable bonds is 1. The normalized spacial score (nSPS) is 20.8. The summed E-state index contributed by atoms with van der Waals surface area (Å²) in [5.74, 6) is 1.15. The molecule has 1 saturated heterocycles. The highest BCUT2D eigenvalue weighted by molar-refractivity contribution is 5.35. The Hall–Kier alpha value is -0.720. The number of ether oxygens (including phenoxy) is 1. The van der Waals surface area contributed by atoms with Gasteiger partial charge in [0.1, 0.15) is 5.76 Å². The van der Waals surface area contributed by atoms with Crippen molar-refractivity contribution in [2.24, 2.45) is 0 Å². The van der Waals surface area contributed by atoms with Gasteiger partial charge in [0, 0.05) is 6.42 Å². The van der Waals surface area contributed by atoms with Crippen LogP contribution in [0.1, 0.15) is 40.5 Å². The van der Waals surface area contributed by atoms with E-state index >= 15 is 0 Å². The molecule has 0 aliphatic carbocycles. The van der Waals surface area contributed by atoms with E-state index in [0.29, 0.717) is 0 Å². The second-order valence-corrected chi connectivity index (χ2v) is 3.54. The minimum Gasteiger partial charge on any atom is -0.493 e. The second kappa shape index (κ2) is 3.79. The van der Waals surface area contributed by atoms with Crippen molar-refractivity contribution < 1.29 is 4.74 Å². The van der Waals surface area contributed by atoms with Gasteiger partial charge in [-0.25, -0.2) is 0 Å². The number of hydrogen-bond donors (Lipinski definition) is 0. The van der Waals surface area contributed by atoms with Gasteiger partial charge in [0.05, 0.1) is 6.61 Å². The summed E-state index contributed by atoms with van der Waals surface area (Å²) in [7, 11) is 0. The fourth-order valence-corrected chi connectivity index (χ4v) is 1.52. The molecule has 1 nitrogen and oxygen atoms in total. The lowest BCUT2D eigenvalue weighted by molar-refractivity contribution is 0.262. The first-order valence-electron chi connectivity index (χ1n) is 4.66. The summed E-state index contributed by atoms with van der Waals surface area (Å²) in [4.78, 5) is 0. The molecule has 1 heterocycles. The molecule has 0 radical (unpaired) electrons. The van der Waals surface area contributed by atoms with E-state index < -0.39 is 0 Å². The van der Waals surface area contributed by atoms with Crippen LogP contribution >= 0.6 is 0 Å². The Morgan fingerprint density at radius 1 is 1.33 bits per heavy atom. The molecule has 1 fully saturated rings. The first-order valence-corrected chi connectivity index (χ1v) is 4.66. The molecule has 0 N–H and O–H groups in total. The summed E-state index contributed by atoms with van der Waals surface area (Å²) in [5, 5.41) is 0. The van der Waals surface area contributed by atoms with Crippen molar-refractivity contribution in [3.8, 4) is 0 Å². The van der Waals surface area contributed by atoms with E-state index in [1.807, 2.05) is 0 Å². The van der Waals surface area contributed by atoms with Crippen LogP contribution in [0, 0.1) is 0 Å². The van der Waals surface area contributed by atoms with Gasteiger partial charge in [-0.3, -0.25) is 0 Å². The zero-order chi connectivity index (χ0) is 9.14. The van der Waals surface area contributed by atoms with Gasteiger partial charge in [-0.05, 0) is 38.3 Å². The molecule has 0 aromatic carbocycles. The molecular formula is C11H18O. The maximum absolute atomic E-state index is 5.57. The van der Waals surface area contributed by atoms with E-state index in [9.17, 15) is 0 Å². The lowest BCUT2D eigenvalue weighted by atomic mass is 10.0. The maximum atomic E-state index is 5.57. The molecule has 68 valence electrons. The molecular weight excluding hydrogens is 148 g/mol. The Morgan fingerprint density at radius 2 is 2.00 bits per heavy atom. The van der Waals surface area contributed by atoms with Gasteiger partial charge in [-0.1, -0.05) is 12.5 Å². The molecule has 0 aromatic rings. The average molecular weight is 166 g/mol. The molecule has 0 amide bonds. The Kier molecular flexibility index (Phi) is 2.96. The zero-order valence-electron chi connectivity index (χ0n) is 8.53. The van der Waals surface area contributed by atoms with Crippen LogP contribution in [0.3, 0.4) is 0 Å². The average Bonchev–Trinajstić information content (AvgIpc) is 2.50. The van der Waals surface area contributed by atoms with Crippen LogP contribution in [0.2, 0.25) is 0 Å². The standard InChI is InChI=1S/C11H18O/c1-5-9(4)10-6-7-12-11(10)8(2)3/h5-7H2,1-4H3/b10-9-. The fourth-order valence-electron chi connectivity index (χ4n) is 1.52. The minimum absolute atomic E-state index is 0.868. The third-order valence-electron chi connectivity index (χ3n) is 2.37. The summed E-state index contributed by atoms with van der Waals surface area (Å²) >= 11 is 0. The number of allylic oxidation sites excluding steroid dienone is 3. The largest absolute Gasteiger partial charge is 0.493 e. The molecule has 0 unspecified atom stereocenters. The smallest absolute Gasteiger partial charge is 0.121 e. The fraction of sp³-hybridized carbons (Fsp3) is 0.636. The van der Waals surface area contributed by atoms with Crippen LogP contribution in [0.5, 0.6) is 0 Å². The third kappa shape index (κ3) is 1.71. The Bertz CT molecular complexity index is 229. The molecule has 12 heavy (non-hydrogen) atoms. The highest BCUT2D eigenvalue weighted by Crippen LogP contribution is 2.30. The second-order valence-electron chi connectivity index (χ2n) is 3.54. The van der Waals surface area contributed by atoms with Crippen molar-refractivity contribution in [3.05, 3.63) is 22.5 Å². The van der Waals surface area contributed by atoms with Crippen LogP contribution in [-0.2, 0) is 4.74 Å². The summed E-state index contributed by atoms with van der Waals surface area (Å²) < 4.78 is 5.57. The van der Waals surface area contributed by atoms with Gasteiger partial charge in [-0.2, -0.15) is 0 Å². The summed E-state index contributed by atoms with van der Waals surface area (Å²) in [5.41, 5.74) is 4.22. The van der Waals surface area contributed by atoms with Crippen LogP contribution in [0.15, 0.2) is 22.5 Å². The zero-order valence-corrected chi connectivity index (χ0v) is 8.53. The predicted octanol–water partition coefficient (Wildman–Crippen LogP) is 3.43. The lowest BCUT2D eigenvalue weighted by Crippen LogP contribution is -1.88. The molecule has 1 heteroatoms. The van der Waals surface area contributed by atoms with Crippen molar-refractivity contribution in [2.45, 2.75) is 40.5 Å². The summed E-state index contributed by atoms with van der Waals surface area (Å²) in [6, 6.07) is 0. The van der Waals surface area contributed by atoms with Gasteiger partial charge >= 0.3 is 0 Å². The van der Waals surface area contributed by atoms with Crippen LogP contribution in [0.25, 0.3) is 0 Å². The quantitative estimate of drug-likeness (QED) is 0.580. The van der Waals surface area contributed by atoms with Gasteiger partial charge < -0.3 is 4.74 Å². The monoisotopic (exact) mass is 166 g/mol. The molecule has 0 atom stereocenters. The van der Waals surface area contributed by atoms with Crippen molar-refractivity contribution in [1.29, 1.82) is 0 Å². The molecule has 0 spiro atoms. The molecule has 1 aliphatic heterocycles. The minimum atomic E-state index is 0.868. The highest BCUT2D eigenvalue weighted by Gasteiger charge is 2.17. The van der Waals surface area contributed by atoms with Crippen molar-refractivity contribution in [2.75, 3.05) is 6.61 Å². The van der Waals surface area contributed by atoms with Crippen molar-refractivity contribution in [3.63, 3.8) is 0 Å². The van der Waals surface area contributed by atoms with Gasteiger partial charge in [0.2, 0.25) is 0 Å². The molecule has 0 aromatic heterocycles. The van der Waals surface area contributed by atoms with Crippen LogP contribution < -0.4 is 0 Å². The molecule has 0 bridgehead atoms. The van der Waals surface area contributed by atoms with E-state index in [0.717, 1.165) is 25.2 Å². The van der Waals surface area contributed by atoms with Gasteiger partial charge in [0.25, 0.3) is 0 Å². The third-order valence-corrected chi connectivity index (χ3v) is 2.37. The van der Waals surface area contributed by atoms with Crippen LogP contribution in [-0.4, -0.2) is 6.61 Å². The van der Waals surface area contributed by atoms with Crippen molar-refractivity contribution >= 4 is 0 Å². The van der Waals surface area contributed by atoms with E-state index in [1.54, 1.807) is 0 Å². The van der Waals surface area contributed by atoms with E-state index in [4.69, 9.17) is 4.74 Å². The Labute approximate surface area is 75.1 Å². The Morgan fingerprint density at radius 3 is 2.50 bits per heavy atom. The van der Waals surface area contributed by atoms with E-state index in [2.05, 4.69) is 27.7 Å². The topological polar surface area (TPSA) is 9.23 Å². The summed E-state index contributed by atoms with van der Waals surface area (Å²) in [6.07, 6.45) is 2.23. The van der Waals surface area contributed by atoms with E-state index in [1.165, 1.54) is 16.7 Å². The van der Waals surface area contributed by atoms with Crippen LogP contribution in [0.4, 0.5) is 0 Å². The number of hydrogen-bond acceptors (Lipinski definition) is 1. The van der Waals surface area contributed by atoms with Gasteiger partial charge in [-0.15, -0.1) is 0 Å². The predicted molar refractivity (Wildman–Crippen MR) is 51.9 cm³/mol. The SMILES string of the molecule is CC/C(C)=C1/CCOC1=C(C)C. The summed E-state index contributed by atoms with van der Waals surface area (Å²) in [6.45, 7) is 9.50. The van der Waals surface area contributed by atoms with Crippen molar-refractivity contribution in [1.82, 2.24) is 0 Å². The Balaban J connectivity index is 3.00. The van der Waals surface area contributed by atoms with Gasteiger partial charge in [0.15, 0.2) is 0 Å². The lowest BCUT2D eigenvalue weighted by Gasteiger charge is -2.06. The maximum Gasteiger partial charge on any atom is 0.121 e. The molecule has 1 aliphatic rings. The molecule has 1 rings (SSSR count). The molecule has 0 saturated carbocycles. The first-order chi connectivity index (χ1) is 5.66.